The first-order valence-corrected chi connectivity index (χ1v) is 45.7. The fourth-order valence-corrected chi connectivity index (χ4v) is 20.0. The van der Waals surface area contributed by atoms with Crippen LogP contribution in [0.15, 0.2) is 167 Å². The van der Waals surface area contributed by atoms with Crippen molar-refractivity contribution in [3.05, 3.63) is 246 Å². The van der Waals surface area contributed by atoms with Gasteiger partial charge < -0.3 is 42.9 Å². The van der Waals surface area contributed by atoms with Gasteiger partial charge in [0.15, 0.2) is 11.4 Å². The molecule has 0 radical (unpaired) electrons. The van der Waals surface area contributed by atoms with Crippen LogP contribution in [0.1, 0.15) is 307 Å². The Labute approximate surface area is 733 Å². The molecular weight excluding hydrogens is 1580 g/mol. The topological polar surface area (TPSA) is 242 Å². The number of hydrogen-bond donors (Lipinski definition) is 1. The van der Waals surface area contributed by atoms with Crippen molar-refractivity contribution in [2.24, 2.45) is 4.99 Å². The van der Waals surface area contributed by atoms with E-state index < -0.39 is 35.5 Å². The van der Waals surface area contributed by atoms with Crippen molar-refractivity contribution < 1.29 is 47.5 Å². The lowest BCUT2D eigenvalue weighted by Gasteiger charge is -2.30. The first kappa shape index (κ1) is 81.2. The molecule has 8 aromatic carbocycles. The van der Waals surface area contributed by atoms with E-state index in [1.807, 2.05) is 121 Å². The van der Waals surface area contributed by atoms with Crippen molar-refractivity contribution in [3.8, 4) is 93.0 Å². The van der Waals surface area contributed by atoms with Gasteiger partial charge >= 0.3 is 0 Å². The third-order valence-corrected chi connectivity index (χ3v) is 26.5. The number of para-hydroxylation sites is 6. The van der Waals surface area contributed by atoms with Crippen molar-refractivity contribution in [2.75, 3.05) is 4.90 Å². The summed E-state index contributed by atoms with van der Waals surface area (Å²) >= 11 is 0. The van der Waals surface area contributed by atoms with Crippen LogP contribution in [0.25, 0.3) is 38.7 Å². The Kier molecular flexibility index (Phi) is 21.9. The Morgan fingerprint density at radius 2 is 0.643 bits per heavy atom. The number of H-pyrrole nitrogens is 1. The second kappa shape index (κ2) is 34.1. The molecule has 21 nitrogen and oxygen atoms in total. The summed E-state index contributed by atoms with van der Waals surface area (Å²) in [6.07, 6.45) is 19.5. The average molecular weight is 1680 g/mol. The quantitative estimate of drug-likeness (QED) is 0.0413. The Bertz CT molecular complexity index is 6380. The van der Waals surface area contributed by atoms with E-state index in [0.717, 1.165) is 210 Å². The van der Waals surface area contributed by atoms with Crippen molar-refractivity contribution in [1.82, 2.24) is 44.9 Å². The monoisotopic (exact) mass is 1680 g/mol. The third-order valence-electron chi connectivity index (χ3n) is 26.5. The van der Waals surface area contributed by atoms with E-state index in [1.165, 1.54) is 11.1 Å². The second-order valence-corrected chi connectivity index (χ2v) is 34.6. The van der Waals surface area contributed by atoms with Crippen molar-refractivity contribution in [3.63, 3.8) is 0 Å². The fourth-order valence-electron chi connectivity index (χ4n) is 20.0. The summed E-state index contributed by atoms with van der Waals surface area (Å²) in [5, 5.41) is 0. The van der Waals surface area contributed by atoms with Crippen molar-refractivity contribution in [2.45, 2.75) is 234 Å². The molecule has 11 heterocycles. The lowest BCUT2D eigenvalue weighted by molar-refractivity contribution is 0.0922. The van der Waals surface area contributed by atoms with Crippen LogP contribution >= 0.6 is 0 Å². The summed E-state index contributed by atoms with van der Waals surface area (Å²) in [6, 6.07) is 47.9. The number of imide groups is 1. The van der Waals surface area contributed by atoms with E-state index in [0.29, 0.717) is 110 Å². The molecule has 1 N–H and O–H groups in total. The van der Waals surface area contributed by atoms with Crippen LogP contribution in [0, 0.1) is 13.8 Å². The number of unbranched alkanes of at least 4 members (excludes halogenated alkanes) is 12. The van der Waals surface area contributed by atoms with Crippen molar-refractivity contribution >= 4 is 61.9 Å². The minimum Gasteiger partial charge on any atom is -0.434 e. The largest absolute Gasteiger partial charge is 0.434 e. The summed E-state index contributed by atoms with van der Waals surface area (Å²) in [4.78, 5) is 84.0. The Morgan fingerprint density at radius 1 is 0.349 bits per heavy atom. The molecule has 13 aromatic rings. The van der Waals surface area contributed by atoms with Gasteiger partial charge in [-0.25, -0.2) is 44.8 Å². The highest BCUT2D eigenvalue weighted by Gasteiger charge is 2.45. The van der Waals surface area contributed by atoms with E-state index in [4.69, 9.17) is 82.8 Å². The first-order valence-electron chi connectivity index (χ1n) is 45.7. The van der Waals surface area contributed by atoms with Gasteiger partial charge in [-0.05, 0) is 167 Å². The highest BCUT2D eigenvalue weighted by Crippen LogP contribution is 2.60. The molecule has 6 aliphatic heterocycles. The van der Waals surface area contributed by atoms with Gasteiger partial charge in [0.2, 0.25) is 0 Å². The second-order valence-electron chi connectivity index (χ2n) is 34.6. The number of aromatic amines is 1. The Balaban J connectivity index is 0.871. The lowest BCUT2D eigenvalue weighted by Crippen LogP contribution is -2.29. The van der Waals surface area contributed by atoms with Gasteiger partial charge in [-0.2, -0.15) is 0 Å². The molecule has 0 saturated heterocycles. The summed E-state index contributed by atoms with van der Waals surface area (Å²) in [6.45, 7) is 21.8. The lowest BCUT2D eigenvalue weighted by atomic mass is 9.76. The van der Waals surface area contributed by atoms with Gasteiger partial charge in [0.1, 0.15) is 46.0 Å². The molecule has 1 aliphatic carbocycles. The molecule has 0 fully saturated rings. The number of aryl methyl sites for hydroxylation is 1. The number of ether oxygens (including phenoxy) is 8. The average Bonchev–Trinajstić information content (AvgIpc) is 1.51. The van der Waals surface area contributed by atoms with Gasteiger partial charge in [0.25, 0.3) is 58.9 Å². The van der Waals surface area contributed by atoms with Crippen LogP contribution in [-0.2, 0) is 6.42 Å². The maximum Gasteiger partial charge on any atom is 0.286 e. The highest BCUT2D eigenvalue weighted by molar-refractivity contribution is 6.33. The number of hydrogen-bond acceptors (Lipinski definition) is 19. The molecule has 638 valence electrons. The van der Waals surface area contributed by atoms with E-state index in [2.05, 4.69) is 98.5 Å². The number of aromatic nitrogens is 9. The van der Waals surface area contributed by atoms with Gasteiger partial charge in [0, 0.05) is 109 Å². The molecule has 2 unspecified atom stereocenters. The molecule has 20 rings (SSSR count). The number of rotatable bonds is 25. The SMILES string of the molecule is CCCCCCC1c2cc3c4cc2Oc2nc5c(nc2Oc2cc6c(cc21)C(CCCCCC)c1cc2c(cc1Oc1nc7ccccc7nc1O6)Oc1nc6ccccc6nc1Oc1cc(c(cc1C2CCCCCC)C3CCCCCC)Oc1nc2ccccc2nc1O4)C(=O)N(c1ccc(/C(=C2/N=C(C)C(CC)=C2C)c2[nH]c(C)c(CC)c2C)cc1)C5=O. The fraction of sp³-hybridized carbons (Fsp3) is 0.343. The van der Waals surface area contributed by atoms with E-state index in [1.54, 1.807) is 0 Å². The molecule has 2 amide bonds. The molecule has 21 heteroatoms. The molecule has 0 spiro atoms. The minimum atomic E-state index is -0.692. The van der Waals surface area contributed by atoms with Crippen LogP contribution in [0.5, 0.6) is 93.0 Å². The van der Waals surface area contributed by atoms with Gasteiger partial charge in [-0.15, -0.1) is 0 Å². The van der Waals surface area contributed by atoms with E-state index in [-0.39, 0.29) is 58.4 Å². The summed E-state index contributed by atoms with van der Waals surface area (Å²) in [7, 11) is 0. The molecular formula is C105H103N11O10. The molecule has 5 aromatic heterocycles. The summed E-state index contributed by atoms with van der Waals surface area (Å²) in [5.41, 5.74) is 20.6. The summed E-state index contributed by atoms with van der Waals surface area (Å²) < 4.78 is 60.5. The molecule has 126 heavy (non-hydrogen) atoms. The molecule has 7 aliphatic rings. The number of aliphatic imine (C=N–C) groups is 1. The van der Waals surface area contributed by atoms with Crippen LogP contribution < -0.4 is 42.8 Å². The third kappa shape index (κ3) is 14.7. The number of benzene rings is 8. The number of nitrogens with zero attached hydrogens (tertiary/aromatic N) is 10. The van der Waals surface area contributed by atoms with E-state index in [9.17, 15) is 0 Å². The number of anilines is 1. The molecule has 0 saturated carbocycles. The van der Waals surface area contributed by atoms with Crippen LogP contribution in [0.2, 0.25) is 0 Å². The Morgan fingerprint density at radius 3 is 0.905 bits per heavy atom. The maximum absolute atomic E-state index is 15.8. The predicted octanol–water partition coefficient (Wildman–Crippen LogP) is 27.9. The predicted molar refractivity (Wildman–Crippen MR) is 489 cm³/mol. The smallest absolute Gasteiger partial charge is 0.286 e. The van der Waals surface area contributed by atoms with Crippen LogP contribution in [-0.4, -0.2) is 62.4 Å². The zero-order valence-corrected chi connectivity index (χ0v) is 73.3. The number of nitrogens with one attached hydrogen (secondary N) is 1. The number of fused-ring (bicyclic) bond motifs is 8. The van der Waals surface area contributed by atoms with Gasteiger partial charge in [-0.3, -0.25) is 14.6 Å². The normalized spacial score (nSPS) is 17.0. The maximum atomic E-state index is 15.8. The van der Waals surface area contributed by atoms with E-state index >= 15 is 9.59 Å². The van der Waals surface area contributed by atoms with Crippen molar-refractivity contribution in [1.29, 1.82) is 0 Å². The molecule has 8 bridgehead atoms. The summed E-state index contributed by atoms with van der Waals surface area (Å²) in [5.74, 6) is 0.620. The number of amides is 2. The number of carbonyl (C=O) groups is 2. The zero-order chi connectivity index (χ0) is 86.1. The molecule has 2 atom stereocenters. The van der Waals surface area contributed by atoms with Crippen LogP contribution in [0.3, 0.4) is 0 Å². The Hall–Kier alpha value is -13.2. The number of carbonyl (C=O) groups excluding carboxylic acids is 2. The first-order chi connectivity index (χ1) is 61.6. The standard InChI is InChI=1S/C105H103N11O10/c1-11-17-21-25-35-65-69-49-71-66(36-26-22-18-12-2)73-51-75-68(38-28-24-20-14-4)76-52-74-67(37-27-23-19-13-3)72-50-70(65)84-54-86(72)122-99-101(113-82-44-34-32-42-80(82)111-99)124-88(74)56-90(76)126-103-102(114-94-95(115-103)105(118)116(104(94)117)62-47-45-61(46-48-62)91(92-57(7)63(15-5)59(9)106-92)93-58(8)64(16-6)60(10)107-93)125-89(75)55-87(73)123-100-98(110-79-41-31-33-43-81(79)112-100)121-85(71)53-83(69)119-96-97(120-84)109-78-40-30-29-39-77(78)108-96/h29-34,39-56,65-68,106H,11-28,35-38H2,1-10H3/b93-91-. The minimum absolute atomic E-state index is 0.103. The van der Waals surface area contributed by atoms with Gasteiger partial charge in [0.05, 0.1) is 50.2 Å². The van der Waals surface area contributed by atoms with Gasteiger partial charge in [-0.1, -0.05) is 193 Å². The highest BCUT2D eigenvalue weighted by atomic mass is 16.6. The zero-order valence-electron chi connectivity index (χ0n) is 73.3. The van der Waals surface area contributed by atoms with Crippen LogP contribution in [0.4, 0.5) is 5.69 Å². The number of allylic oxidation sites excluding steroid dienone is 2.